The topological polar surface area (TPSA) is 43.9 Å². The molecule has 36 heavy (non-hydrogen) atoms. The second-order valence-corrected chi connectivity index (χ2v) is 11.4. The summed E-state index contributed by atoms with van der Waals surface area (Å²) >= 11 is 13.0. The molecule has 0 saturated carbocycles. The van der Waals surface area contributed by atoms with Crippen LogP contribution in [-0.4, -0.2) is 71.9 Å². The van der Waals surface area contributed by atoms with Crippen molar-refractivity contribution in [2.24, 2.45) is 0 Å². The molecular formula is C28H36ClN5OS. The van der Waals surface area contributed by atoms with Crippen molar-refractivity contribution in [1.29, 1.82) is 0 Å². The van der Waals surface area contributed by atoms with Crippen molar-refractivity contribution in [3.05, 3.63) is 64.4 Å². The zero-order chi connectivity index (χ0) is 25.4. The normalized spacial score (nSPS) is 23.9. The summed E-state index contributed by atoms with van der Waals surface area (Å²) in [5, 5.41) is 5.10. The second kappa shape index (κ2) is 10.3. The molecule has 8 heteroatoms. The standard InChI is InChI=1S/C28H36ClN5OS/c1-19-18-28(2,3)32(4)24-17-22(29)21(16-20(19)24)26-25(23-8-5-6-9-30-23)31-27(36)34(26)11-7-10-33-12-14-35-15-13-33/h5-6,8-9,16-18,25-26H,7,10-15H2,1-4H3,(H,31,36). The molecule has 192 valence electrons. The summed E-state index contributed by atoms with van der Waals surface area (Å²) in [6.45, 7) is 12.2. The SMILES string of the molecule is CC1=CC(C)(C)N(C)c2cc(Cl)c(C3C(c4ccccn4)NC(=S)N3CCCN3CCOCC3)cc21. The lowest BCUT2D eigenvalue weighted by Gasteiger charge is -2.41. The monoisotopic (exact) mass is 525 g/mol. The maximum absolute atomic E-state index is 7.08. The van der Waals surface area contributed by atoms with E-state index in [0.29, 0.717) is 0 Å². The number of ether oxygens (including phenoxy) is 1. The van der Waals surface area contributed by atoms with Crippen LogP contribution in [0, 0.1) is 0 Å². The first kappa shape index (κ1) is 25.5. The Morgan fingerprint density at radius 1 is 1.19 bits per heavy atom. The Hall–Kier alpha value is -2.19. The number of rotatable bonds is 6. The smallest absolute Gasteiger partial charge is 0.170 e. The number of likely N-dealkylation sites (N-methyl/N-ethyl adjacent to an activating group) is 1. The third-order valence-electron chi connectivity index (χ3n) is 7.83. The van der Waals surface area contributed by atoms with E-state index in [2.05, 4.69) is 77.1 Å². The van der Waals surface area contributed by atoms with Gasteiger partial charge in [-0.05, 0) is 74.8 Å². The van der Waals surface area contributed by atoms with Crippen LogP contribution in [0.15, 0.2) is 42.6 Å². The van der Waals surface area contributed by atoms with E-state index in [9.17, 15) is 0 Å². The van der Waals surface area contributed by atoms with Crippen LogP contribution < -0.4 is 10.2 Å². The Morgan fingerprint density at radius 3 is 2.69 bits per heavy atom. The lowest BCUT2D eigenvalue weighted by molar-refractivity contribution is 0.0365. The number of hydrogen-bond acceptors (Lipinski definition) is 5. The van der Waals surface area contributed by atoms with Crippen molar-refractivity contribution in [2.45, 2.75) is 44.8 Å². The van der Waals surface area contributed by atoms with Gasteiger partial charge >= 0.3 is 0 Å². The fourth-order valence-electron chi connectivity index (χ4n) is 5.69. The molecule has 5 rings (SSSR count). The van der Waals surface area contributed by atoms with Crippen molar-refractivity contribution in [3.8, 4) is 0 Å². The van der Waals surface area contributed by atoms with Crippen LogP contribution in [0.25, 0.3) is 5.57 Å². The van der Waals surface area contributed by atoms with Crippen LogP contribution in [-0.2, 0) is 4.74 Å². The molecule has 6 nitrogen and oxygen atoms in total. The van der Waals surface area contributed by atoms with Crippen molar-refractivity contribution < 1.29 is 4.74 Å². The maximum Gasteiger partial charge on any atom is 0.170 e. The minimum Gasteiger partial charge on any atom is -0.379 e. The van der Waals surface area contributed by atoms with Gasteiger partial charge in [0.1, 0.15) is 0 Å². The molecule has 1 N–H and O–H groups in total. The summed E-state index contributed by atoms with van der Waals surface area (Å²) < 4.78 is 5.51. The van der Waals surface area contributed by atoms with Gasteiger partial charge in [-0.1, -0.05) is 23.7 Å². The first-order chi connectivity index (χ1) is 17.3. The van der Waals surface area contributed by atoms with Crippen molar-refractivity contribution in [2.75, 3.05) is 51.3 Å². The first-order valence-electron chi connectivity index (χ1n) is 12.8. The van der Waals surface area contributed by atoms with Crippen molar-refractivity contribution >= 4 is 40.2 Å². The molecule has 3 aliphatic heterocycles. The maximum atomic E-state index is 7.08. The third kappa shape index (κ3) is 4.86. The molecule has 0 radical (unpaired) electrons. The Balaban J connectivity index is 1.50. The molecule has 2 fully saturated rings. The predicted molar refractivity (Wildman–Crippen MR) is 152 cm³/mol. The molecule has 0 bridgehead atoms. The number of pyridine rings is 1. The molecular weight excluding hydrogens is 490 g/mol. The number of anilines is 1. The van der Waals surface area contributed by atoms with E-state index < -0.39 is 0 Å². The van der Waals surface area contributed by atoms with Gasteiger partial charge in [0.05, 0.1) is 36.5 Å². The highest BCUT2D eigenvalue weighted by atomic mass is 35.5. The van der Waals surface area contributed by atoms with Crippen molar-refractivity contribution in [3.63, 3.8) is 0 Å². The molecule has 1 aromatic carbocycles. The van der Waals surface area contributed by atoms with Gasteiger partial charge in [0, 0.05) is 55.7 Å². The minimum absolute atomic E-state index is 0.0390. The first-order valence-corrected chi connectivity index (χ1v) is 13.6. The Kier molecular flexibility index (Phi) is 7.27. The summed E-state index contributed by atoms with van der Waals surface area (Å²) in [5.41, 5.74) is 5.65. The average Bonchev–Trinajstić information content (AvgIpc) is 3.19. The molecule has 0 spiro atoms. The number of nitrogens with zero attached hydrogens (tertiary/aromatic N) is 4. The van der Waals surface area contributed by atoms with Crippen LogP contribution in [0.5, 0.6) is 0 Å². The number of allylic oxidation sites excluding steroid dienone is 1. The Labute approximate surface area is 225 Å². The van der Waals surface area contributed by atoms with Gasteiger partial charge in [-0.25, -0.2) is 0 Å². The van der Waals surface area contributed by atoms with Gasteiger partial charge in [-0.15, -0.1) is 0 Å². The van der Waals surface area contributed by atoms with Crippen LogP contribution >= 0.6 is 23.8 Å². The number of nitrogens with one attached hydrogen (secondary N) is 1. The van der Waals surface area contributed by atoms with E-state index in [0.717, 1.165) is 72.9 Å². The number of aromatic nitrogens is 1. The van der Waals surface area contributed by atoms with E-state index in [4.69, 9.17) is 28.6 Å². The largest absolute Gasteiger partial charge is 0.379 e. The Bertz CT molecular complexity index is 1150. The summed E-state index contributed by atoms with van der Waals surface area (Å²) in [7, 11) is 2.14. The summed E-state index contributed by atoms with van der Waals surface area (Å²) in [5.74, 6) is 0. The van der Waals surface area contributed by atoms with Crippen LogP contribution in [0.4, 0.5) is 5.69 Å². The minimum atomic E-state index is -0.0697. The molecule has 0 aliphatic carbocycles. The molecule has 3 aliphatic rings. The Morgan fingerprint density at radius 2 is 1.97 bits per heavy atom. The molecule has 2 atom stereocenters. The van der Waals surface area contributed by atoms with E-state index in [1.54, 1.807) is 0 Å². The highest BCUT2D eigenvalue weighted by Crippen LogP contribution is 2.46. The molecule has 4 heterocycles. The summed E-state index contributed by atoms with van der Waals surface area (Å²) in [6.07, 6.45) is 5.20. The zero-order valence-electron chi connectivity index (χ0n) is 21.6. The fourth-order valence-corrected chi connectivity index (χ4v) is 6.29. The molecule has 0 amide bonds. The highest BCUT2D eigenvalue weighted by molar-refractivity contribution is 7.80. The molecule has 1 aromatic heterocycles. The van der Waals surface area contributed by atoms with Gasteiger partial charge in [-0.3, -0.25) is 9.88 Å². The zero-order valence-corrected chi connectivity index (χ0v) is 23.2. The van der Waals surface area contributed by atoms with Gasteiger partial charge < -0.3 is 19.9 Å². The van der Waals surface area contributed by atoms with E-state index in [-0.39, 0.29) is 17.6 Å². The number of hydrogen-bond donors (Lipinski definition) is 1. The van der Waals surface area contributed by atoms with Gasteiger partial charge in [0.2, 0.25) is 0 Å². The molecule has 2 unspecified atom stereocenters. The fraction of sp³-hybridized carbons (Fsp3) is 0.500. The number of halogens is 1. The summed E-state index contributed by atoms with van der Waals surface area (Å²) in [6, 6.07) is 10.3. The molecule has 2 saturated heterocycles. The van der Waals surface area contributed by atoms with Crippen LogP contribution in [0.2, 0.25) is 5.02 Å². The number of thiocarbonyl (C=S) groups is 1. The molecule has 2 aromatic rings. The van der Waals surface area contributed by atoms with E-state index >= 15 is 0 Å². The quantitative estimate of drug-likeness (QED) is 0.529. The van der Waals surface area contributed by atoms with E-state index in [1.807, 2.05) is 18.3 Å². The number of morpholine rings is 1. The number of benzene rings is 1. The van der Waals surface area contributed by atoms with Gasteiger partial charge in [0.25, 0.3) is 0 Å². The number of fused-ring (bicyclic) bond motifs is 1. The third-order valence-corrected chi connectivity index (χ3v) is 8.51. The predicted octanol–water partition coefficient (Wildman–Crippen LogP) is 5.06. The lowest BCUT2D eigenvalue weighted by Crippen LogP contribution is -2.42. The highest BCUT2D eigenvalue weighted by Gasteiger charge is 2.41. The average molecular weight is 526 g/mol. The summed E-state index contributed by atoms with van der Waals surface area (Å²) in [4.78, 5) is 11.8. The van der Waals surface area contributed by atoms with Gasteiger partial charge in [0.15, 0.2) is 5.11 Å². The van der Waals surface area contributed by atoms with Crippen LogP contribution in [0.3, 0.4) is 0 Å². The van der Waals surface area contributed by atoms with Gasteiger partial charge in [-0.2, -0.15) is 0 Å². The lowest BCUT2D eigenvalue weighted by atomic mass is 9.86. The van der Waals surface area contributed by atoms with Crippen molar-refractivity contribution in [1.82, 2.24) is 20.1 Å². The van der Waals surface area contributed by atoms with E-state index in [1.165, 1.54) is 11.1 Å². The van der Waals surface area contributed by atoms with Crippen LogP contribution in [0.1, 0.15) is 56.1 Å². The second-order valence-electron chi connectivity index (χ2n) is 10.6.